The molecule has 2 rings (SSSR count). The van der Waals surface area contributed by atoms with Crippen molar-refractivity contribution in [2.75, 3.05) is 7.11 Å². The average molecular weight is 292 g/mol. The summed E-state index contributed by atoms with van der Waals surface area (Å²) in [5.41, 5.74) is 6.04. The molecule has 1 aromatic rings. The van der Waals surface area contributed by atoms with Gasteiger partial charge in [-0.05, 0) is 18.8 Å². The van der Waals surface area contributed by atoms with Crippen molar-refractivity contribution in [1.29, 1.82) is 0 Å². The number of benzene rings is 1. The molecular formula is C14H20ClF2NO. The topological polar surface area (TPSA) is 35.2 Å². The molecule has 0 spiro atoms. The van der Waals surface area contributed by atoms with E-state index in [1.807, 2.05) is 0 Å². The van der Waals surface area contributed by atoms with Crippen LogP contribution in [0.5, 0.6) is 5.75 Å². The molecular weight excluding hydrogens is 272 g/mol. The molecule has 0 amide bonds. The number of hydrogen-bond donors (Lipinski definition) is 1. The molecule has 1 aliphatic rings. The van der Waals surface area contributed by atoms with Crippen LogP contribution in [0.25, 0.3) is 0 Å². The monoisotopic (exact) mass is 291 g/mol. The zero-order valence-electron chi connectivity index (χ0n) is 11.0. The van der Waals surface area contributed by atoms with Crippen molar-refractivity contribution in [2.24, 2.45) is 11.7 Å². The highest BCUT2D eigenvalue weighted by Gasteiger charge is 2.27. The van der Waals surface area contributed by atoms with Gasteiger partial charge in [0.1, 0.15) is 17.4 Å². The van der Waals surface area contributed by atoms with Crippen LogP contribution in [0.2, 0.25) is 0 Å². The van der Waals surface area contributed by atoms with Gasteiger partial charge >= 0.3 is 0 Å². The molecule has 5 heteroatoms. The van der Waals surface area contributed by atoms with Gasteiger partial charge in [-0.3, -0.25) is 0 Å². The molecule has 0 aliphatic heterocycles. The summed E-state index contributed by atoms with van der Waals surface area (Å²) in [6, 6.07) is 1.83. The maximum atomic E-state index is 13.9. The second-order valence-electron chi connectivity index (χ2n) is 4.93. The third-order valence-corrected chi connectivity index (χ3v) is 3.78. The predicted molar refractivity (Wildman–Crippen MR) is 73.7 cm³/mol. The van der Waals surface area contributed by atoms with Crippen LogP contribution in [-0.2, 0) is 0 Å². The molecule has 1 aliphatic carbocycles. The van der Waals surface area contributed by atoms with E-state index in [9.17, 15) is 8.78 Å². The van der Waals surface area contributed by atoms with Gasteiger partial charge in [-0.15, -0.1) is 12.4 Å². The van der Waals surface area contributed by atoms with Crippen LogP contribution in [0, 0.1) is 17.6 Å². The number of hydrogen-bond acceptors (Lipinski definition) is 2. The van der Waals surface area contributed by atoms with Crippen molar-refractivity contribution in [3.8, 4) is 5.75 Å². The van der Waals surface area contributed by atoms with Gasteiger partial charge < -0.3 is 10.5 Å². The van der Waals surface area contributed by atoms with Gasteiger partial charge in [0.2, 0.25) is 0 Å². The second kappa shape index (κ2) is 7.06. The Kier molecular flexibility index (Phi) is 6.01. The van der Waals surface area contributed by atoms with E-state index < -0.39 is 17.7 Å². The molecule has 0 unspecified atom stereocenters. The summed E-state index contributed by atoms with van der Waals surface area (Å²) >= 11 is 0. The van der Waals surface area contributed by atoms with E-state index in [1.54, 1.807) is 0 Å². The fourth-order valence-electron chi connectivity index (χ4n) is 2.73. The summed E-state index contributed by atoms with van der Waals surface area (Å²) in [5.74, 6) is -0.851. The molecule has 2 nitrogen and oxygen atoms in total. The number of nitrogens with two attached hydrogens (primary N) is 1. The summed E-state index contributed by atoms with van der Waals surface area (Å²) in [4.78, 5) is 0. The average Bonchev–Trinajstić information content (AvgIpc) is 2.38. The van der Waals surface area contributed by atoms with Crippen LogP contribution in [0.1, 0.15) is 43.7 Å². The van der Waals surface area contributed by atoms with Crippen molar-refractivity contribution in [3.05, 3.63) is 29.3 Å². The molecule has 1 saturated carbocycles. The first-order valence-electron chi connectivity index (χ1n) is 6.42. The largest absolute Gasteiger partial charge is 0.497 e. The summed E-state index contributed by atoms with van der Waals surface area (Å²) in [6.07, 6.45) is 5.28. The number of ether oxygens (including phenoxy) is 1. The van der Waals surface area contributed by atoms with Crippen molar-refractivity contribution in [3.63, 3.8) is 0 Å². The highest BCUT2D eigenvalue weighted by atomic mass is 35.5. The van der Waals surface area contributed by atoms with Crippen LogP contribution >= 0.6 is 12.4 Å². The molecule has 0 saturated heterocycles. The van der Waals surface area contributed by atoms with E-state index in [4.69, 9.17) is 10.5 Å². The fourth-order valence-corrected chi connectivity index (χ4v) is 2.73. The van der Waals surface area contributed by atoms with Crippen molar-refractivity contribution < 1.29 is 13.5 Å². The van der Waals surface area contributed by atoms with Gasteiger partial charge in [0, 0.05) is 23.7 Å². The van der Waals surface area contributed by atoms with Gasteiger partial charge in [0.05, 0.1) is 7.11 Å². The van der Waals surface area contributed by atoms with Crippen molar-refractivity contribution in [2.45, 2.75) is 38.1 Å². The highest BCUT2D eigenvalue weighted by Crippen LogP contribution is 2.35. The van der Waals surface area contributed by atoms with Gasteiger partial charge in [-0.2, -0.15) is 0 Å². The van der Waals surface area contributed by atoms with Crippen LogP contribution in [0.4, 0.5) is 8.78 Å². The lowest BCUT2D eigenvalue weighted by atomic mass is 9.81. The third-order valence-electron chi connectivity index (χ3n) is 3.78. The molecule has 1 atom stereocenters. The fraction of sp³-hybridized carbons (Fsp3) is 0.571. The molecule has 0 aromatic heterocycles. The summed E-state index contributed by atoms with van der Waals surface area (Å²) < 4.78 is 32.6. The smallest absolute Gasteiger partial charge is 0.134 e. The Bertz CT molecular complexity index is 399. The predicted octanol–water partition coefficient (Wildman–Crippen LogP) is 3.98. The first-order chi connectivity index (χ1) is 8.63. The molecule has 108 valence electrons. The Morgan fingerprint density at radius 3 is 2.16 bits per heavy atom. The standard InChI is InChI=1S/C14H19F2NO.ClH/c1-18-10-7-11(15)13(12(16)8-10)14(17)9-5-3-2-4-6-9;/h7-9,14H,2-6,17H2,1H3;1H/t14-;/m0./s1. The quantitative estimate of drug-likeness (QED) is 0.914. The minimum atomic E-state index is -0.607. The Labute approximate surface area is 118 Å². The Morgan fingerprint density at radius 2 is 1.68 bits per heavy atom. The molecule has 2 N–H and O–H groups in total. The van der Waals surface area contributed by atoms with Gasteiger partial charge in [-0.25, -0.2) is 8.78 Å². The first-order valence-corrected chi connectivity index (χ1v) is 6.42. The highest BCUT2D eigenvalue weighted by molar-refractivity contribution is 5.85. The van der Waals surface area contributed by atoms with Crippen LogP contribution in [0.15, 0.2) is 12.1 Å². The van der Waals surface area contributed by atoms with Crippen LogP contribution in [-0.4, -0.2) is 7.11 Å². The summed E-state index contributed by atoms with van der Waals surface area (Å²) in [5, 5.41) is 0. The number of halogens is 3. The SMILES string of the molecule is COc1cc(F)c([C@@H](N)C2CCCCC2)c(F)c1.Cl. The third kappa shape index (κ3) is 3.57. The lowest BCUT2D eigenvalue weighted by molar-refractivity contribution is 0.297. The van der Waals surface area contributed by atoms with Crippen molar-refractivity contribution >= 4 is 12.4 Å². The second-order valence-corrected chi connectivity index (χ2v) is 4.93. The lowest BCUT2D eigenvalue weighted by Crippen LogP contribution is -2.25. The van der Waals surface area contributed by atoms with E-state index in [2.05, 4.69) is 0 Å². The summed E-state index contributed by atoms with van der Waals surface area (Å²) in [6.45, 7) is 0. The van der Waals surface area contributed by atoms with Crippen molar-refractivity contribution in [1.82, 2.24) is 0 Å². The molecule has 1 fully saturated rings. The van der Waals surface area contributed by atoms with E-state index in [0.717, 1.165) is 25.7 Å². The molecule has 0 heterocycles. The Balaban J connectivity index is 0.00000180. The minimum Gasteiger partial charge on any atom is -0.497 e. The molecule has 0 bridgehead atoms. The maximum absolute atomic E-state index is 13.9. The minimum absolute atomic E-state index is 0. The Morgan fingerprint density at radius 1 is 1.16 bits per heavy atom. The van der Waals surface area contributed by atoms with Crippen LogP contribution in [0.3, 0.4) is 0 Å². The zero-order valence-corrected chi connectivity index (χ0v) is 11.8. The molecule has 19 heavy (non-hydrogen) atoms. The van der Waals surface area contributed by atoms with Gasteiger partial charge in [0.25, 0.3) is 0 Å². The lowest BCUT2D eigenvalue weighted by Gasteiger charge is -2.28. The number of rotatable bonds is 3. The molecule has 1 aromatic carbocycles. The van der Waals surface area contributed by atoms with E-state index in [-0.39, 0.29) is 29.6 Å². The normalized spacial score (nSPS) is 17.7. The summed E-state index contributed by atoms with van der Waals surface area (Å²) in [7, 11) is 1.38. The van der Waals surface area contributed by atoms with E-state index >= 15 is 0 Å². The number of methoxy groups -OCH3 is 1. The Hall–Kier alpha value is -0.870. The zero-order chi connectivity index (χ0) is 13.1. The van der Waals surface area contributed by atoms with Gasteiger partial charge in [-0.1, -0.05) is 19.3 Å². The molecule has 0 radical (unpaired) electrons. The van der Waals surface area contributed by atoms with Crippen LogP contribution < -0.4 is 10.5 Å². The van der Waals surface area contributed by atoms with E-state index in [1.165, 1.54) is 25.7 Å². The van der Waals surface area contributed by atoms with Gasteiger partial charge in [0.15, 0.2) is 0 Å². The maximum Gasteiger partial charge on any atom is 0.134 e. The first kappa shape index (κ1) is 16.2. The van der Waals surface area contributed by atoms with E-state index in [0.29, 0.717) is 0 Å².